The fourth-order valence-electron chi connectivity index (χ4n) is 3.95. The van der Waals surface area contributed by atoms with Crippen LogP contribution in [-0.4, -0.2) is 57.7 Å². The number of alkyl halides is 2. The average molecular weight is 478 g/mol. The van der Waals surface area contributed by atoms with E-state index in [1.54, 1.807) is 18.2 Å². The van der Waals surface area contributed by atoms with Gasteiger partial charge in [0.05, 0.1) is 32.8 Å². The molecule has 34 heavy (non-hydrogen) atoms. The number of rotatable bonds is 9. The van der Waals surface area contributed by atoms with E-state index in [9.17, 15) is 18.4 Å². The van der Waals surface area contributed by atoms with Crippen LogP contribution in [0.15, 0.2) is 36.4 Å². The number of ether oxygens (including phenoxy) is 4. The SMILES string of the molecule is COc1cc(OC)c(OC)cc1CNC(=O)C1CCCN(C(=O)c2ccccc2OC(F)F)C1. The zero-order chi connectivity index (χ0) is 24.7. The molecule has 2 aromatic rings. The summed E-state index contributed by atoms with van der Waals surface area (Å²) in [6, 6.07) is 9.27. The van der Waals surface area contributed by atoms with Crippen LogP contribution in [0.5, 0.6) is 23.0 Å². The van der Waals surface area contributed by atoms with Crippen LogP contribution >= 0.6 is 0 Å². The van der Waals surface area contributed by atoms with Crippen molar-refractivity contribution in [1.82, 2.24) is 10.2 Å². The van der Waals surface area contributed by atoms with Crippen molar-refractivity contribution in [3.05, 3.63) is 47.5 Å². The van der Waals surface area contributed by atoms with Gasteiger partial charge in [-0.25, -0.2) is 0 Å². The normalized spacial score (nSPS) is 15.6. The molecule has 1 fully saturated rings. The van der Waals surface area contributed by atoms with Gasteiger partial charge >= 0.3 is 6.61 Å². The molecule has 1 atom stereocenters. The molecule has 10 heteroatoms. The standard InChI is InChI=1S/C24H28F2N2O6/c1-31-19-12-21(33-3)20(32-2)11-16(19)13-27-22(29)15-7-6-10-28(14-15)23(30)17-8-4-5-9-18(17)34-24(25)26/h4-5,8-9,11-12,15,24H,6-7,10,13-14H2,1-3H3,(H,27,29). The Morgan fingerprint density at radius 2 is 1.71 bits per heavy atom. The zero-order valence-electron chi connectivity index (χ0n) is 19.3. The lowest BCUT2D eigenvalue weighted by Gasteiger charge is -2.32. The highest BCUT2D eigenvalue weighted by Gasteiger charge is 2.30. The van der Waals surface area contributed by atoms with Gasteiger partial charge in [0.1, 0.15) is 11.5 Å². The summed E-state index contributed by atoms with van der Waals surface area (Å²) in [6.07, 6.45) is 1.22. The number of halogens is 2. The van der Waals surface area contributed by atoms with Gasteiger partial charge < -0.3 is 29.2 Å². The van der Waals surface area contributed by atoms with Crippen LogP contribution in [0, 0.1) is 5.92 Å². The Kier molecular flexibility index (Phi) is 8.50. The first-order chi connectivity index (χ1) is 16.4. The highest BCUT2D eigenvalue weighted by atomic mass is 19.3. The van der Waals surface area contributed by atoms with E-state index in [4.69, 9.17) is 14.2 Å². The number of carbonyl (C=O) groups is 2. The van der Waals surface area contributed by atoms with Gasteiger partial charge in [0.2, 0.25) is 5.91 Å². The fraction of sp³-hybridized carbons (Fsp3) is 0.417. The number of para-hydroxylation sites is 1. The molecule has 0 aromatic heterocycles. The lowest BCUT2D eigenvalue weighted by atomic mass is 9.96. The minimum Gasteiger partial charge on any atom is -0.496 e. The van der Waals surface area contributed by atoms with Crippen molar-refractivity contribution in [2.75, 3.05) is 34.4 Å². The minimum atomic E-state index is -3.04. The van der Waals surface area contributed by atoms with Crippen molar-refractivity contribution in [3.63, 3.8) is 0 Å². The molecule has 2 amide bonds. The van der Waals surface area contributed by atoms with Crippen LogP contribution in [0.4, 0.5) is 8.78 Å². The predicted octanol–water partition coefficient (Wildman–Crippen LogP) is 3.48. The van der Waals surface area contributed by atoms with Crippen molar-refractivity contribution >= 4 is 11.8 Å². The van der Waals surface area contributed by atoms with E-state index >= 15 is 0 Å². The average Bonchev–Trinajstić information content (AvgIpc) is 2.86. The van der Waals surface area contributed by atoms with Crippen molar-refractivity contribution in [3.8, 4) is 23.0 Å². The third kappa shape index (κ3) is 5.86. The molecule has 2 aromatic carbocycles. The molecule has 1 unspecified atom stereocenters. The first-order valence-electron chi connectivity index (χ1n) is 10.8. The van der Waals surface area contributed by atoms with Crippen molar-refractivity contribution < 1.29 is 37.3 Å². The van der Waals surface area contributed by atoms with E-state index in [2.05, 4.69) is 10.1 Å². The molecule has 0 saturated carbocycles. The number of likely N-dealkylation sites (tertiary alicyclic amines) is 1. The second-order valence-corrected chi connectivity index (χ2v) is 7.70. The Bertz CT molecular complexity index is 1020. The quantitative estimate of drug-likeness (QED) is 0.594. The van der Waals surface area contributed by atoms with Gasteiger partial charge in [-0.3, -0.25) is 9.59 Å². The number of piperidine rings is 1. The number of carbonyl (C=O) groups excluding carboxylic acids is 2. The molecule has 1 heterocycles. The topological polar surface area (TPSA) is 86.3 Å². The summed E-state index contributed by atoms with van der Waals surface area (Å²) in [7, 11) is 4.56. The summed E-state index contributed by atoms with van der Waals surface area (Å²) in [6.45, 7) is -2.24. The Morgan fingerprint density at radius 3 is 2.38 bits per heavy atom. The number of amides is 2. The van der Waals surface area contributed by atoms with E-state index in [1.807, 2.05) is 0 Å². The molecule has 1 aliphatic heterocycles. The number of hydrogen-bond donors (Lipinski definition) is 1. The van der Waals surface area contributed by atoms with E-state index in [-0.39, 0.29) is 30.3 Å². The smallest absolute Gasteiger partial charge is 0.387 e. The van der Waals surface area contributed by atoms with Gasteiger partial charge in [0, 0.05) is 31.3 Å². The first kappa shape index (κ1) is 25.1. The van der Waals surface area contributed by atoms with Gasteiger partial charge in [-0.05, 0) is 31.0 Å². The van der Waals surface area contributed by atoms with Crippen LogP contribution in [0.1, 0.15) is 28.8 Å². The summed E-state index contributed by atoms with van der Waals surface area (Å²) in [4.78, 5) is 27.4. The number of benzene rings is 2. The van der Waals surface area contributed by atoms with Crippen molar-refractivity contribution in [2.45, 2.75) is 26.0 Å². The molecule has 0 bridgehead atoms. The Hall–Kier alpha value is -3.56. The molecule has 0 radical (unpaired) electrons. The molecule has 184 valence electrons. The second-order valence-electron chi connectivity index (χ2n) is 7.70. The minimum absolute atomic E-state index is 0.0407. The molecule has 1 aliphatic rings. The summed E-state index contributed by atoms with van der Waals surface area (Å²) >= 11 is 0. The van der Waals surface area contributed by atoms with E-state index in [1.165, 1.54) is 44.4 Å². The van der Waals surface area contributed by atoms with Gasteiger partial charge in [0.15, 0.2) is 11.5 Å². The van der Waals surface area contributed by atoms with Crippen LogP contribution in [0.2, 0.25) is 0 Å². The maximum absolute atomic E-state index is 13.0. The van der Waals surface area contributed by atoms with Gasteiger partial charge in [-0.1, -0.05) is 12.1 Å². The van der Waals surface area contributed by atoms with Crippen molar-refractivity contribution in [2.24, 2.45) is 5.92 Å². The molecule has 0 aliphatic carbocycles. The third-order valence-corrected chi connectivity index (χ3v) is 5.65. The molecular formula is C24H28F2N2O6. The van der Waals surface area contributed by atoms with Gasteiger partial charge in [-0.2, -0.15) is 8.78 Å². The van der Waals surface area contributed by atoms with E-state index in [0.717, 1.165) is 0 Å². The maximum atomic E-state index is 13.0. The fourth-order valence-corrected chi connectivity index (χ4v) is 3.95. The van der Waals surface area contributed by atoms with Gasteiger partial charge in [0.25, 0.3) is 5.91 Å². The monoisotopic (exact) mass is 478 g/mol. The van der Waals surface area contributed by atoms with Gasteiger partial charge in [-0.15, -0.1) is 0 Å². The number of nitrogens with one attached hydrogen (secondary N) is 1. The van der Waals surface area contributed by atoms with E-state index < -0.39 is 18.4 Å². The summed E-state index contributed by atoms with van der Waals surface area (Å²) in [5, 5.41) is 2.89. The highest BCUT2D eigenvalue weighted by molar-refractivity contribution is 5.97. The first-order valence-corrected chi connectivity index (χ1v) is 10.8. The zero-order valence-corrected chi connectivity index (χ0v) is 19.3. The molecule has 1 N–H and O–H groups in total. The second kappa shape index (κ2) is 11.5. The molecule has 3 rings (SSSR count). The summed E-state index contributed by atoms with van der Waals surface area (Å²) in [5.74, 6) is 0.260. The van der Waals surface area contributed by atoms with Crippen LogP contribution in [-0.2, 0) is 11.3 Å². The lowest BCUT2D eigenvalue weighted by Crippen LogP contribution is -2.45. The maximum Gasteiger partial charge on any atom is 0.387 e. The summed E-state index contributed by atoms with van der Waals surface area (Å²) in [5.41, 5.74) is 0.745. The molecule has 8 nitrogen and oxygen atoms in total. The highest BCUT2D eigenvalue weighted by Crippen LogP contribution is 2.34. The lowest BCUT2D eigenvalue weighted by molar-refractivity contribution is -0.126. The number of methoxy groups -OCH3 is 3. The summed E-state index contributed by atoms with van der Waals surface area (Å²) < 4.78 is 45.9. The van der Waals surface area contributed by atoms with E-state index in [0.29, 0.717) is 42.2 Å². The van der Waals surface area contributed by atoms with Crippen LogP contribution in [0.3, 0.4) is 0 Å². The Balaban J connectivity index is 1.67. The van der Waals surface area contributed by atoms with Crippen molar-refractivity contribution in [1.29, 1.82) is 0 Å². The number of nitrogens with zero attached hydrogens (tertiary/aromatic N) is 1. The third-order valence-electron chi connectivity index (χ3n) is 5.65. The van der Waals surface area contributed by atoms with Crippen LogP contribution in [0.25, 0.3) is 0 Å². The molecule has 1 saturated heterocycles. The number of hydrogen-bond acceptors (Lipinski definition) is 6. The Morgan fingerprint density at radius 1 is 1.03 bits per heavy atom. The predicted molar refractivity (Wildman–Crippen MR) is 120 cm³/mol. The van der Waals surface area contributed by atoms with Crippen LogP contribution < -0.4 is 24.3 Å². The Labute approximate surface area is 196 Å². The largest absolute Gasteiger partial charge is 0.496 e. The molecular weight excluding hydrogens is 450 g/mol. The molecule has 0 spiro atoms.